The zero-order valence-corrected chi connectivity index (χ0v) is 26.1. The van der Waals surface area contributed by atoms with Crippen LogP contribution in [0.25, 0.3) is 0 Å². The summed E-state index contributed by atoms with van der Waals surface area (Å²) in [5.41, 5.74) is 8.10. The fourth-order valence-electron chi connectivity index (χ4n) is 5.32. The topological polar surface area (TPSA) is 117 Å². The molecule has 3 rings (SSSR count). The van der Waals surface area contributed by atoms with Gasteiger partial charge in [-0.2, -0.15) is 0 Å². The number of nitrogens with one attached hydrogen (secondary N) is 2. The van der Waals surface area contributed by atoms with Crippen LogP contribution in [-0.2, 0) is 27.2 Å². The first-order valence-corrected chi connectivity index (χ1v) is 14.9. The monoisotopic (exact) mass is 579 g/mol. The quantitative estimate of drug-likeness (QED) is 0.336. The molecule has 1 aliphatic heterocycles. The molecule has 1 saturated heterocycles. The minimum Gasteiger partial charge on any atom is -0.497 e. The van der Waals surface area contributed by atoms with E-state index in [1.54, 1.807) is 21.1 Å². The maximum Gasteiger partial charge on any atom is 0.246 e. The summed E-state index contributed by atoms with van der Waals surface area (Å²) in [5.74, 6) is 0.286. The largest absolute Gasteiger partial charge is 0.497 e. The minimum atomic E-state index is -0.718. The molecule has 1 heterocycles. The summed E-state index contributed by atoms with van der Waals surface area (Å²) >= 11 is 0. The van der Waals surface area contributed by atoms with Gasteiger partial charge in [-0.25, -0.2) is 0 Å². The summed E-state index contributed by atoms with van der Waals surface area (Å²) in [5, 5.41) is 5.92. The lowest BCUT2D eigenvalue weighted by atomic mass is 9.85. The fraction of sp³-hybridized carbons (Fsp3) is 0.545. The van der Waals surface area contributed by atoms with Gasteiger partial charge in [0.1, 0.15) is 11.8 Å². The average Bonchev–Trinajstić information content (AvgIpc) is 3.45. The Morgan fingerprint density at radius 3 is 2.33 bits per heavy atom. The first kappa shape index (κ1) is 33.1. The number of rotatable bonds is 13. The smallest absolute Gasteiger partial charge is 0.246 e. The molecule has 0 bridgehead atoms. The van der Waals surface area contributed by atoms with E-state index >= 15 is 0 Å². The van der Waals surface area contributed by atoms with Crippen LogP contribution < -0.4 is 21.1 Å². The van der Waals surface area contributed by atoms with E-state index in [2.05, 4.69) is 10.6 Å². The van der Waals surface area contributed by atoms with Crippen molar-refractivity contribution in [1.29, 1.82) is 0 Å². The van der Waals surface area contributed by atoms with Crippen molar-refractivity contribution < 1.29 is 19.1 Å². The first-order chi connectivity index (χ1) is 19.9. The van der Waals surface area contributed by atoms with Crippen molar-refractivity contribution in [3.63, 3.8) is 0 Å². The van der Waals surface area contributed by atoms with Crippen molar-refractivity contribution >= 4 is 17.7 Å². The van der Waals surface area contributed by atoms with Gasteiger partial charge in [0, 0.05) is 25.7 Å². The van der Waals surface area contributed by atoms with Gasteiger partial charge in [0.2, 0.25) is 17.7 Å². The lowest BCUT2D eigenvalue weighted by Crippen LogP contribution is -2.59. The van der Waals surface area contributed by atoms with Gasteiger partial charge < -0.3 is 30.9 Å². The van der Waals surface area contributed by atoms with Crippen LogP contribution in [0.5, 0.6) is 5.75 Å². The highest BCUT2D eigenvalue weighted by Gasteiger charge is 2.41. The Hall–Kier alpha value is -3.43. The van der Waals surface area contributed by atoms with E-state index in [-0.39, 0.29) is 23.8 Å². The van der Waals surface area contributed by atoms with Gasteiger partial charge in [0.15, 0.2) is 0 Å². The van der Waals surface area contributed by atoms with E-state index < -0.39 is 23.5 Å². The molecule has 0 spiro atoms. The summed E-state index contributed by atoms with van der Waals surface area (Å²) in [6.07, 6.45) is 2.71. The van der Waals surface area contributed by atoms with Crippen LogP contribution in [-0.4, -0.2) is 85.5 Å². The molecule has 1 fully saturated rings. The van der Waals surface area contributed by atoms with Gasteiger partial charge in [-0.05, 0) is 68.3 Å². The molecule has 0 aliphatic carbocycles. The third-order valence-electron chi connectivity index (χ3n) is 8.07. The molecule has 2 aromatic rings. The van der Waals surface area contributed by atoms with Crippen molar-refractivity contribution in [3.8, 4) is 5.75 Å². The number of carbonyl (C=O) groups excluding carboxylic acids is 3. The van der Waals surface area contributed by atoms with Gasteiger partial charge in [-0.3, -0.25) is 14.4 Å². The molecule has 3 amide bonds. The highest BCUT2D eigenvalue weighted by atomic mass is 16.5. The molecule has 4 N–H and O–H groups in total. The second-order valence-electron chi connectivity index (χ2n) is 12.3. The summed E-state index contributed by atoms with van der Waals surface area (Å²) in [6, 6.07) is 15.6. The number of benzene rings is 2. The minimum absolute atomic E-state index is 0.111. The number of carbonyl (C=O) groups is 3. The SMILES string of the molecule is CN[C@@H](C)C(=O)N[C@H](C(=O)N1CCC[C@H]1CN(CCc1ccccc1)C(=O)[C@H](N)Cc1ccc(OC)cc1)C(C)(C)C. The first-order valence-electron chi connectivity index (χ1n) is 14.9. The van der Waals surface area contributed by atoms with Gasteiger partial charge in [0.25, 0.3) is 0 Å². The molecule has 9 heteroatoms. The van der Waals surface area contributed by atoms with Crippen molar-refractivity contribution in [2.75, 3.05) is 33.8 Å². The molecule has 0 aromatic heterocycles. The summed E-state index contributed by atoms with van der Waals surface area (Å²) in [4.78, 5) is 44.2. The maximum atomic E-state index is 14.0. The molecule has 230 valence electrons. The maximum absolute atomic E-state index is 14.0. The fourth-order valence-corrected chi connectivity index (χ4v) is 5.32. The molecule has 0 unspecified atom stereocenters. The van der Waals surface area contributed by atoms with E-state index in [4.69, 9.17) is 10.5 Å². The van der Waals surface area contributed by atoms with E-state index in [9.17, 15) is 14.4 Å². The predicted molar refractivity (Wildman–Crippen MR) is 166 cm³/mol. The van der Waals surface area contributed by atoms with Gasteiger partial charge in [0.05, 0.1) is 19.2 Å². The standard InChI is InChI=1S/C33H49N5O4/c1-23(35-5)30(39)36-29(33(2,3)4)32(41)38-19-10-13-26(38)22-37(20-18-24-11-8-7-9-12-24)31(40)28(34)21-25-14-16-27(42-6)17-15-25/h7-9,11-12,14-17,23,26,28-29,35H,10,13,18-22,34H2,1-6H3,(H,36,39)/t23-,26-,28+,29+/m0/s1. The third-order valence-corrected chi connectivity index (χ3v) is 8.07. The van der Waals surface area contributed by atoms with Crippen molar-refractivity contribution in [2.45, 2.75) is 77.5 Å². The van der Waals surface area contributed by atoms with E-state index in [0.29, 0.717) is 32.5 Å². The summed E-state index contributed by atoms with van der Waals surface area (Å²) in [6.45, 7) is 9.12. The molecular weight excluding hydrogens is 530 g/mol. The number of nitrogens with zero attached hydrogens (tertiary/aromatic N) is 2. The third kappa shape index (κ3) is 9.03. The lowest BCUT2D eigenvalue weighted by Gasteiger charge is -2.38. The second kappa shape index (κ2) is 15.2. The van der Waals surface area contributed by atoms with Crippen LogP contribution in [0.1, 0.15) is 51.7 Å². The van der Waals surface area contributed by atoms with Gasteiger partial charge in [-0.15, -0.1) is 0 Å². The summed E-state index contributed by atoms with van der Waals surface area (Å²) in [7, 11) is 3.33. The van der Waals surface area contributed by atoms with Crippen LogP contribution >= 0.6 is 0 Å². The van der Waals surface area contributed by atoms with Crippen molar-refractivity contribution in [2.24, 2.45) is 11.1 Å². The molecule has 0 saturated carbocycles. The Morgan fingerprint density at radius 1 is 1.07 bits per heavy atom. The zero-order chi connectivity index (χ0) is 30.9. The molecule has 4 atom stereocenters. The Balaban J connectivity index is 1.79. The van der Waals surface area contributed by atoms with Crippen LogP contribution in [0.4, 0.5) is 0 Å². The van der Waals surface area contributed by atoms with E-state index in [0.717, 1.165) is 29.7 Å². The van der Waals surface area contributed by atoms with Crippen molar-refractivity contribution in [3.05, 3.63) is 65.7 Å². The number of likely N-dealkylation sites (tertiary alicyclic amines) is 1. The number of ether oxygens (including phenoxy) is 1. The number of hydrogen-bond donors (Lipinski definition) is 3. The Kier molecular flexibility index (Phi) is 11.9. The molecular formula is C33H49N5O4. The van der Waals surface area contributed by atoms with E-state index in [1.165, 1.54) is 0 Å². The van der Waals surface area contributed by atoms with Gasteiger partial charge >= 0.3 is 0 Å². The molecule has 1 aliphatic rings. The molecule has 9 nitrogen and oxygen atoms in total. The van der Waals surface area contributed by atoms with E-state index in [1.807, 2.05) is 85.2 Å². The Morgan fingerprint density at radius 2 is 1.74 bits per heavy atom. The second-order valence-corrected chi connectivity index (χ2v) is 12.3. The number of methoxy groups -OCH3 is 1. The highest BCUT2D eigenvalue weighted by Crippen LogP contribution is 2.27. The molecule has 0 radical (unpaired) electrons. The Labute approximate surface area is 251 Å². The van der Waals surface area contributed by atoms with Gasteiger partial charge in [-0.1, -0.05) is 63.2 Å². The van der Waals surface area contributed by atoms with Crippen molar-refractivity contribution in [1.82, 2.24) is 20.4 Å². The number of likely N-dealkylation sites (N-methyl/N-ethyl adjacent to an activating group) is 1. The highest BCUT2D eigenvalue weighted by molar-refractivity contribution is 5.90. The molecule has 42 heavy (non-hydrogen) atoms. The zero-order valence-electron chi connectivity index (χ0n) is 26.1. The van der Waals surface area contributed by atoms with Crippen LogP contribution in [0, 0.1) is 5.41 Å². The average molecular weight is 580 g/mol. The van der Waals surface area contributed by atoms with Crippen LogP contribution in [0.3, 0.4) is 0 Å². The molecule has 2 aromatic carbocycles. The number of nitrogens with two attached hydrogens (primary N) is 1. The normalized spacial score (nSPS) is 17.3. The number of hydrogen-bond acceptors (Lipinski definition) is 6. The lowest BCUT2D eigenvalue weighted by molar-refractivity contribution is -0.142. The Bertz CT molecular complexity index is 1170. The van der Waals surface area contributed by atoms with Crippen LogP contribution in [0.2, 0.25) is 0 Å². The van der Waals surface area contributed by atoms with Crippen LogP contribution in [0.15, 0.2) is 54.6 Å². The number of amides is 3. The predicted octanol–water partition coefficient (Wildman–Crippen LogP) is 2.77. The summed E-state index contributed by atoms with van der Waals surface area (Å²) < 4.78 is 5.25.